The summed E-state index contributed by atoms with van der Waals surface area (Å²) in [6.07, 6.45) is 1.95. The number of carbonyl (C=O) groups excluding carboxylic acids is 2. The number of aliphatic imine (C=N–C) groups is 1. The standard InChI is InChI=1S/C28H42N6O6/c1-37-20-9-18(10-21(13-20)38-2)15-28(17-29,16-19-11-22(39-3)14-23(12-19)40-4)26(36)34-24(25(30)35)7-5-6-8-33-27(31)32/h9-14,24H,5-8,15-17,29H2,1-4H3,(H2,30,35)(H,34,36)(H4,31,32,33)/t24-/m0/s1. The minimum atomic E-state index is -1.18. The zero-order valence-electron chi connectivity index (χ0n) is 23.7. The van der Waals surface area contributed by atoms with Gasteiger partial charge in [-0.2, -0.15) is 0 Å². The molecule has 2 aromatic rings. The van der Waals surface area contributed by atoms with Gasteiger partial charge in [0.15, 0.2) is 5.96 Å². The molecule has 2 aromatic carbocycles. The second-order valence-corrected chi connectivity index (χ2v) is 9.51. The number of amides is 2. The van der Waals surface area contributed by atoms with E-state index in [0.717, 1.165) is 11.1 Å². The van der Waals surface area contributed by atoms with Gasteiger partial charge in [0.05, 0.1) is 33.9 Å². The van der Waals surface area contributed by atoms with E-state index in [1.807, 2.05) is 24.3 Å². The van der Waals surface area contributed by atoms with Crippen LogP contribution in [0, 0.1) is 5.41 Å². The first-order chi connectivity index (χ1) is 19.1. The molecule has 2 rings (SSSR count). The highest BCUT2D eigenvalue weighted by molar-refractivity contribution is 5.90. The highest BCUT2D eigenvalue weighted by Gasteiger charge is 2.39. The average molecular weight is 559 g/mol. The summed E-state index contributed by atoms with van der Waals surface area (Å²) < 4.78 is 21.7. The van der Waals surface area contributed by atoms with Crippen LogP contribution in [0.15, 0.2) is 41.4 Å². The Balaban J connectivity index is 2.46. The summed E-state index contributed by atoms with van der Waals surface area (Å²) in [6, 6.07) is 9.86. The van der Waals surface area contributed by atoms with Gasteiger partial charge in [-0.3, -0.25) is 14.6 Å². The minimum Gasteiger partial charge on any atom is -0.497 e. The van der Waals surface area contributed by atoms with E-state index in [2.05, 4.69) is 10.3 Å². The number of hydrogen-bond acceptors (Lipinski definition) is 8. The van der Waals surface area contributed by atoms with Crippen LogP contribution in [0.2, 0.25) is 0 Å². The summed E-state index contributed by atoms with van der Waals surface area (Å²) in [5, 5.41) is 2.86. The van der Waals surface area contributed by atoms with Crippen LogP contribution in [0.3, 0.4) is 0 Å². The van der Waals surface area contributed by atoms with Gasteiger partial charge in [0.1, 0.15) is 29.0 Å². The molecule has 2 amide bonds. The number of methoxy groups -OCH3 is 4. The van der Waals surface area contributed by atoms with E-state index in [-0.39, 0.29) is 25.3 Å². The van der Waals surface area contributed by atoms with Crippen molar-refractivity contribution in [3.05, 3.63) is 47.5 Å². The number of nitrogens with one attached hydrogen (secondary N) is 1. The predicted octanol–water partition coefficient (Wildman–Crippen LogP) is 0.865. The molecule has 0 unspecified atom stereocenters. The Labute approximate surface area is 235 Å². The molecule has 0 aromatic heterocycles. The van der Waals surface area contributed by atoms with E-state index in [4.69, 9.17) is 41.9 Å². The van der Waals surface area contributed by atoms with Crippen LogP contribution in [0.5, 0.6) is 23.0 Å². The summed E-state index contributed by atoms with van der Waals surface area (Å²) >= 11 is 0. The van der Waals surface area contributed by atoms with Crippen LogP contribution < -0.4 is 47.2 Å². The van der Waals surface area contributed by atoms with Crippen molar-refractivity contribution < 1.29 is 28.5 Å². The molecule has 0 fully saturated rings. The predicted molar refractivity (Wildman–Crippen MR) is 154 cm³/mol. The zero-order chi connectivity index (χ0) is 29.7. The summed E-state index contributed by atoms with van der Waals surface area (Å²) in [5.41, 5.74) is 23.1. The van der Waals surface area contributed by atoms with Crippen molar-refractivity contribution in [3.8, 4) is 23.0 Å². The largest absolute Gasteiger partial charge is 0.497 e. The summed E-state index contributed by atoms with van der Waals surface area (Å²) in [7, 11) is 6.20. The van der Waals surface area contributed by atoms with E-state index in [1.54, 1.807) is 40.6 Å². The summed E-state index contributed by atoms with van der Waals surface area (Å²) in [4.78, 5) is 30.3. The molecule has 0 saturated carbocycles. The van der Waals surface area contributed by atoms with Gasteiger partial charge in [0.25, 0.3) is 0 Å². The number of primary amides is 1. The number of unbranched alkanes of at least 4 members (excludes halogenated alkanes) is 1. The van der Waals surface area contributed by atoms with Crippen LogP contribution in [0.4, 0.5) is 0 Å². The molecule has 0 heterocycles. The quantitative estimate of drug-likeness (QED) is 0.106. The molecule has 40 heavy (non-hydrogen) atoms. The van der Waals surface area contributed by atoms with Gasteiger partial charge in [-0.15, -0.1) is 0 Å². The Morgan fingerprint density at radius 1 is 0.800 bits per heavy atom. The average Bonchev–Trinajstić information content (AvgIpc) is 2.94. The molecule has 0 saturated heterocycles. The topological polar surface area (TPSA) is 200 Å². The number of hydrogen-bond donors (Lipinski definition) is 5. The van der Waals surface area contributed by atoms with Gasteiger partial charge < -0.3 is 47.2 Å². The van der Waals surface area contributed by atoms with Gasteiger partial charge in [0, 0.05) is 25.2 Å². The molecule has 0 aliphatic heterocycles. The van der Waals surface area contributed by atoms with Gasteiger partial charge in [-0.25, -0.2) is 0 Å². The van der Waals surface area contributed by atoms with E-state index >= 15 is 0 Å². The maximum absolute atomic E-state index is 14.0. The lowest BCUT2D eigenvalue weighted by molar-refractivity contribution is -0.134. The van der Waals surface area contributed by atoms with Crippen molar-refractivity contribution in [2.24, 2.45) is 33.3 Å². The lowest BCUT2D eigenvalue weighted by Crippen LogP contribution is -2.54. The number of carbonyl (C=O) groups is 2. The van der Waals surface area contributed by atoms with Crippen LogP contribution in [-0.2, 0) is 22.4 Å². The number of nitrogens with two attached hydrogens (primary N) is 4. The third kappa shape index (κ3) is 9.23. The Morgan fingerprint density at radius 3 is 1.60 bits per heavy atom. The van der Waals surface area contributed by atoms with Crippen molar-refractivity contribution in [3.63, 3.8) is 0 Å². The van der Waals surface area contributed by atoms with E-state index in [1.165, 1.54) is 0 Å². The molecule has 0 aliphatic rings. The number of benzene rings is 2. The third-order valence-corrected chi connectivity index (χ3v) is 6.62. The van der Waals surface area contributed by atoms with E-state index in [9.17, 15) is 9.59 Å². The molecule has 12 nitrogen and oxygen atoms in total. The van der Waals surface area contributed by atoms with Crippen molar-refractivity contribution >= 4 is 17.8 Å². The van der Waals surface area contributed by atoms with Gasteiger partial charge in [-0.1, -0.05) is 0 Å². The fourth-order valence-electron chi connectivity index (χ4n) is 4.44. The molecule has 0 bridgehead atoms. The number of guanidine groups is 1. The van der Waals surface area contributed by atoms with Gasteiger partial charge >= 0.3 is 0 Å². The zero-order valence-corrected chi connectivity index (χ0v) is 23.7. The molecular weight excluding hydrogens is 516 g/mol. The Hall–Kier alpha value is -4.19. The summed E-state index contributed by atoms with van der Waals surface area (Å²) in [6.45, 7) is 0.373. The number of rotatable bonds is 17. The third-order valence-electron chi connectivity index (χ3n) is 6.62. The molecule has 1 atom stereocenters. The van der Waals surface area contributed by atoms with Crippen LogP contribution >= 0.6 is 0 Å². The summed E-state index contributed by atoms with van der Waals surface area (Å²) in [5.74, 6) is 1.22. The molecule has 0 radical (unpaired) electrons. The minimum absolute atomic E-state index is 0.00386. The lowest BCUT2D eigenvalue weighted by atomic mass is 9.75. The molecule has 220 valence electrons. The fourth-order valence-corrected chi connectivity index (χ4v) is 4.44. The second kappa shape index (κ2) is 15.4. The Kier molecular flexibility index (Phi) is 12.3. The van der Waals surface area contributed by atoms with Crippen molar-refractivity contribution in [1.82, 2.24) is 5.32 Å². The molecule has 9 N–H and O–H groups in total. The number of ether oxygens (including phenoxy) is 4. The smallest absolute Gasteiger partial charge is 0.239 e. The first-order valence-electron chi connectivity index (χ1n) is 12.9. The van der Waals surface area contributed by atoms with Crippen molar-refractivity contribution in [2.75, 3.05) is 41.5 Å². The molecule has 0 aliphatic carbocycles. The molecular formula is C28H42N6O6. The van der Waals surface area contributed by atoms with Crippen molar-refractivity contribution in [1.29, 1.82) is 0 Å². The van der Waals surface area contributed by atoms with Gasteiger partial charge in [-0.05, 0) is 67.5 Å². The molecule has 12 heteroatoms. The van der Waals surface area contributed by atoms with Crippen molar-refractivity contribution in [2.45, 2.75) is 38.1 Å². The lowest BCUT2D eigenvalue weighted by Gasteiger charge is -2.33. The SMILES string of the molecule is COc1cc(CC(CN)(Cc2cc(OC)cc(OC)c2)C(=O)N[C@@H](CCCCN=C(N)N)C(N)=O)cc(OC)c1. The van der Waals surface area contributed by atoms with Gasteiger partial charge in [0.2, 0.25) is 11.8 Å². The maximum Gasteiger partial charge on any atom is 0.239 e. The highest BCUT2D eigenvalue weighted by Crippen LogP contribution is 2.34. The normalized spacial score (nSPS) is 11.7. The van der Waals surface area contributed by atoms with E-state index < -0.39 is 23.3 Å². The first kappa shape index (κ1) is 32.0. The second-order valence-electron chi connectivity index (χ2n) is 9.51. The maximum atomic E-state index is 14.0. The van der Waals surface area contributed by atoms with E-state index in [0.29, 0.717) is 48.8 Å². The fraction of sp³-hybridized carbons (Fsp3) is 0.464. The number of nitrogens with zero attached hydrogens (tertiary/aromatic N) is 1. The van der Waals surface area contributed by atoms with Crippen LogP contribution in [0.25, 0.3) is 0 Å². The van der Waals surface area contributed by atoms with Crippen LogP contribution in [-0.4, -0.2) is 65.3 Å². The molecule has 0 spiro atoms. The highest BCUT2D eigenvalue weighted by atomic mass is 16.5. The first-order valence-corrected chi connectivity index (χ1v) is 12.9. The monoisotopic (exact) mass is 558 g/mol. The Bertz CT molecular complexity index is 1070. The Morgan fingerprint density at radius 2 is 1.25 bits per heavy atom. The van der Waals surface area contributed by atoms with Crippen LogP contribution in [0.1, 0.15) is 30.4 Å².